The van der Waals surface area contributed by atoms with Gasteiger partial charge in [0.05, 0.1) is 22.9 Å². The van der Waals surface area contributed by atoms with E-state index < -0.39 is 0 Å². The minimum absolute atomic E-state index is 0.740. The van der Waals surface area contributed by atoms with Crippen LogP contribution in [-0.2, 0) is 0 Å². The van der Waals surface area contributed by atoms with Gasteiger partial charge in [0.2, 0.25) is 0 Å². The maximum atomic E-state index is 4.72. The normalized spacial score (nSPS) is 25.2. The lowest BCUT2D eigenvalue weighted by Crippen LogP contribution is -2.38. The minimum Gasteiger partial charge on any atom is -0.359 e. The van der Waals surface area contributed by atoms with Gasteiger partial charge in [-0.25, -0.2) is 3.21 Å². The Kier molecular flexibility index (Phi) is 8.30. The van der Waals surface area contributed by atoms with E-state index in [2.05, 4.69) is 27.8 Å². The largest absolute Gasteiger partial charge is 0.359 e. The molecule has 0 amide bonds. The Morgan fingerprint density at radius 2 is 1.15 bits per heavy atom. The van der Waals surface area contributed by atoms with Crippen LogP contribution in [-0.4, -0.2) is 23.8 Å². The average Bonchev–Trinajstić information content (AvgIpc) is 2.55. The van der Waals surface area contributed by atoms with Crippen molar-refractivity contribution >= 4 is 28.7 Å². The third-order valence-corrected chi connectivity index (χ3v) is 5.48. The molecule has 1 heterocycles. The first-order chi connectivity index (χ1) is 9.92. The van der Waals surface area contributed by atoms with Gasteiger partial charge in [-0.2, -0.15) is 0 Å². The van der Waals surface area contributed by atoms with E-state index in [0.717, 1.165) is 5.92 Å². The molecule has 2 rings (SSSR count). The molecule has 0 radical (unpaired) electrons. The van der Waals surface area contributed by atoms with E-state index in [-0.39, 0.29) is 0 Å². The van der Waals surface area contributed by atoms with Crippen molar-refractivity contribution < 1.29 is 0 Å². The fourth-order valence-electron chi connectivity index (χ4n) is 3.75. The summed E-state index contributed by atoms with van der Waals surface area (Å²) in [5.41, 5.74) is 0. The molecule has 20 heavy (non-hydrogen) atoms. The average molecular weight is 390 g/mol. The van der Waals surface area contributed by atoms with Crippen molar-refractivity contribution in [3.05, 3.63) is 0 Å². The molecule has 0 unspecified atom stereocenters. The number of rotatable bonds is 1. The van der Waals surface area contributed by atoms with Gasteiger partial charge < -0.3 is 4.90 Å². The number of amidine groups is 1. The van der Waals surface area contributed by atoms with Crippen LogP contribution in [0.3, 0.4) is 0 Å². The van der Waals surface area contributed by atoms with Crippen LogP contribution in [0.1, 0.15) is 83.5 Å². The maximum absolute atomic E-state index is 4.72. The second-order valence-electron chi connectivity index (χ2n) is 6.59. The lowest BCUT2D eigenvalue weighted by Gasteiger charge is -2.32. The Labute approximate surface area is 139 Å². The standard InChI is InChI=1S/C17H31IN2/c18-19-17(20-14-10-6-3-7-11-15-20)16-12-8-4-1-2-5-9-13-16/h16H,1-15H2. The van der Waals surface area contributed by atoms with Crippen LogP contribution in [0.5, 0.6) is 0 Å². The number of hydrogen-bond donors (Lipinski definition) is 0. The second-order valence-corrected chi connectivity index (χ2v) is 7.08. The van der Waals surface area contributed by atoms with Crippen LogP contribution in [0.15, 0.2) is 3.21 Å². The summed E-state index contributed by atoms with van der Waals surface area (Å²) < 4.78 is 4.72. The topological polar surface area (TPSA) is 15.6 Å². The molecule has 0 aromatic rings. The predicted octanol–water partition coefficient (Wildman–Crippen LogP) is 5.75. The zero-order valence-corrected chi connectivity index (χ0v) is 15.1. The monoisotopic (exact) mass is 390 g/mol. The molecule has 116 valence electrons. The Balaban J connectivity index is 1.96. The van der Waals surface area contributed by atoms with Crippen LogP contribution >= 0.6 is 22.9 Å². The summed E-state index contributed by atoms with van der Waals surface area (Å²) in [5, 5.41) is 0. The van der Waals surface area contributed by atoms with Crippen molar-refractivity contribution in [2.24, 2.45) is 9.12 Å². The number of hydrogen-bond acceptors (Lipinski definition) is 1. The van der Waals surface area contributed by atoms with Crippen molar-refractivity contribution in [2.75, 3.05) is 13.1 Å². The summed E-state index contributed by atoms with van der Waals surface area (Å²) in [6, 6.07) is 0. The van der Waals surface area contributed by atoms with Gasteiger partial charge in [-0.3, -0.25) is 0 Å². The number of nitrogens with zero attached hydrogens (tertiary/aromatic N) is 2. The molecule has 1 aliphatic heterocycles. The van der Waals surface area contributed by atoms with Crippen molar-refractivity contribution in [3.63, 3.8) is 0 Å². The highest BCUT2D eigenvalue weighted by molar-refractivity contribution is 14.1. The van der Waals surface area contributed by atoms with E-state index in [1.807, 2.05) is 0 Å². The molecule has 0 bridgehead atoms. The van der Waals surface area contributed by atoms with Gasteiger partial charge in [0.25, 0.3) is 0 Å². The highest BCUT2D eigenvalue weighted by Crippen LogP contribution is 2.26. The van der Waals surface area contributed by atoms with Gasteiger partial charge in [-0.15, -0.1) is 0 Å². The molecule has 1 aliphatic carbocycles. The van der Waals surface area contributed by atoms with Gasteiger partial charge in [-0.05, 0) is 25.7 Å². The highest BCUT2D eigenvalue weighted by atomic mass is 127. The van der Waals surface area contributed by atoms with E-state index in [9.17, 15) is 0 Å². The molecule has 1 saturated carbocycles. The Morgan fingerprint density at radius 3 is 1.65 bits per heavy atom. The lowest BCUT2D eigenvalue weighted by molar-refractivity contribution is 0.337. The molecule has 2 nitrogen and oxygen atoms in total. The maximum Gasteiger partial charge on any atom is 0.114 e. The molecular formula is C17H31IN2. The van der Waals surface area contributed by atoms with Crippen LogP contribution in [0.2, 0.25) is 0 Å². The first-order valence-electron chi connectivity index (χ1n) is 8.85. The third kappa shape index (κ3) is 5.53. The minimum atomic E-state index is 0.740. The van der Waals surface area contributed by atoms with Gasteiger partial charge in [0, 0.05) is 19.0 Å². The van der Waals surface area contributed by atoms with Crippen molar-refractivity contribution in [2.45, 2.75) is 83.5 Å². The van der Waals surface area contributed by atoms with E-state index in [1.54, 1.807) is 0 Å². The molecule has 2 aliphatic rings. The van der Waals surface area contributed by atoms with Crippen LogP contribution in [0.25, 0.3) is 0 Å². The summed E-state index contributed by atoms with van der Waals surface area (Å²) >= 11 is 2.25. The molecule has 0 atom stereocenters. The summed E-state index contributed by atoms with van der Waals surface area (Å²) in [6.45, 7) is 2.50. The van der Waals surface area contributed by atoms with E-state index >= 15 is 0 Å². The van der Waals surface area contributed by atoms with Gasteiger partial charge >= 0.3 is 0 Å². The van der Waals surface area contributed by atoms with Crippen LogP contribution in [0.4, 0.5) is 0 Å². The first-order valence-corrected chi connectivity index (χ1v) is 9.82. The van der Waals surface area contributed by atoms with Crippen LogP contribution in [0, 0.1) is 5.92 Å². The fraction of sp³-hybridized carbons (Fsp3) is 0.941. The summed E-state index contributed by atoms with van der Waals surface area (Å²) in [7, 11) is 0. The Bertz CT molecular complexity index is 273. The molecular weight excluding hydrogens is 359 g/mol. The summed E-state index contributed by atoms with van der Waals surface area (Å²) in [4.78, 5) is 2.63. The lowest BCUT2D eigenvalue weighted by atomic mass is 9.94. The molecule has 0 spiro atoms. The molecule has 1 saturated heterocycles. The molecule has 0 N–H and O–H groups in total. The SMILES string of the molecule is IN=C(C1CCCCCCCC1)N1CCCCCCC1. The zero-order valence-electron chi connectivity index (χ0n) is 13.0. The smallest absolute Gasteiger partial charge is 0.114 e. The molecule has 0 aromatic carbocycles. The Morgan fingerprint density at radius 1 is 0.700 bits per heavy atom. The quantitative estimate of drug-likeness (QED) is 0.316. The van der Waals surface area contributed by atoms with Crippen molar-refractivity contribution in [1.82, 2.24) is 4.90 Å². The van der Waals surface area contributed by atoms with Crippen LogP contribution < -0.4 is 0 Å². The predicted molar refractivity (Wildman–Crippen MR) is 96.5 cm³/mol. The fourth-order valence-corrected chi connectivity index (χ4v) is 4.45. The summed E-state index contributed by atoms with van der Waals surface area (Å²) in [6.07, 6.45) is 18.3. The van der Waals surface area contributed by atoms with Gasteiger partial charge in [0.15, 0.2) is 0 Å². The summed E-state index contributed by atoms with van der Waals surface area (Å²) in [5.74, 6) is 2.18. The highest BCUT2D eigenvalue weighted by Gasteiger charge is 2.22. The Hall–Kier alpha value is 0.200. The number of halogens is 1. The van der Waals surface area contributed by atoms with Crippen molar-refractivity contribution in [1.29, 1.82) is 0 Å². The molecule has 3 heteroatoms. The van der Waals surface area contributed by atoms with Gasteiger partial charge in [0.1, 0.15) is 5.84 Å². The van der Waals surface area contributed by atoms with E-state index in [4.69, 9.17) is 3.21 Å². The zero-order chi connectivity index (χ0) is 14.0. The van der Waals surface area contributed by atoms with E-state index in [0.29, 0.717) is 0 Å². The third-order valence-electron chi connectivity index (χ3n) is 4.99. The molecule has 0 aromatic heterocycles. The van der Waals surface area contributed by atoms with Crippen molar-refractivity contribution in [3.8, 4) is 0 Å². The van der Waals surface area contributed by atoms with E-state index in [1.165, 1.54) is 102 Å². The van der Waals surface area contributed by atoms with Gasteiger partial charge in [-0.1, -0.05) is 57.8 Å². The number of likely N-dealkylation sites (tertiary alicyclic amines) is 1. The first kappa shape index (κ1) is 16.6. The second kappa shape index (κ2) is 10.0. The molecule has 2 fully saturated rings.